The summed E-state index contributed by atoms with van der Waals surface area (Å²) in [6, 6.07) is 0. The average Bonchev–Trinajstić information content (AvgIpc) is 2.13. The van der Waals surface area contributed by atoms with Crippen LogP contribution in [0.2, 0.25) is 5.15 Å². The van der Waals surface area contributed by atoms with E-state index in [1.165, 1.54) is 0 Å². The number of hydrogen-bond donors (Lipinski definition) is 2. The third-order valence-corrected chi connectivity index (χ3v) is 3.28. The summed E-state index contributed by atoms with van der Waals surface area (Å²) in [5.41, 5.74) is -1.13. The number of halogens is 1. The molecule has 0 bridgehead atoms. The largest absolute Gasteiger partial charge is 0.811 e. The molecule has 9 heteroatoms. The number of rotatable bonds is 5. The van der Waals surface area contributed by atoms with Gasteiger partial charge in [0.25, 0.3) is 5.56 Å². The first-order valence-electron chi connectivity index (χ1n) is 4.81. The van der Waals surface area contributed by atoms with E-state index in [-0.39, 0.29) is 23.6 Å². The van der Waals surface area contributed by atoms with Crippen molar-refractivity contribution < 1.29 is 14.4 Å². The SMILES string of the molecule is O=c1[nH]c(Cl)c(CCCCP(=O)([O-])[O-])c(=O)[nH]1. The Morgan fingerprint density at radius 2 is 1.82 bits per heavy atom. The number of hydrogen-bond acceptors (Lipinski definition) is 5. The molecule has 0 spiro atoms. The van der Waals surface area contributed by atoms with E-state index in [1.807, 2.05) is 4.98 Å². The first-order chi connectivity index (χ1) is 7.79. The third-order valence-electron chi connectivity index (χ3n) is 2.10. The average molecular weight is 281 g/mol. The van der Waals surface area contributed by atoms with Crippen molar-refractivity contribution in [2.45, 2.75) is 19.3 Å². The molecular weight excluding hydrogens is 271 g/mol. The predicted molar refractivity (Wildman–Crippen MR) is 58.1 cm³/mol. The van der Waals surface area contributed by atoms with Crippen LogP contribution >= 0.6 is 19.2 Å². The van der Waals surface area contributed by atoms with Gasteiger partial charge < -0.3 is 14.4 Å². The van der Waals surface area contributed by atoms with Crippen molar-refractivity contribution in [1.29, 1.82) is 0 Å². The van der Waals surface area contributed by atoms with Gasteiger partial charge in [0.15, 0.2) is 0 Å². The second-order valence-corrected chi connectivity index (χ2v) is 5.54. The van der Waals surface area contributed by atoms with E-state index in [1.54, 1.807) is 0 Å². The molecule has 0 aliphatic carbocycles. The minimum atomic E-state index is -4.50. The maximum absolute atomic E-state index is 11.3. The fraction of sp³-hybridized carbons (Fsp3) is 0.500. The maximum atomic E-state index is 11.3. The minimum Gasteiger partial charge on any atom is -0.811 e. The smallest absolute Gasteiger partial charge is 0.326 e. The van der Waals surface area contributed by atoms with Crippen LogP contribution in [0.5, 0.6) is 0 Å². The number of aromatic amines is 2. The number of nitrogens with one attached hydrogen (secondary N) is 2. The molecule has 0 fully saturated rings. The van der Waals surface area contributed by atoms with Crippen LogP contribution in [0.1, 0.15) is 18.4 Å². The molecule has 0 aromatic carbocycles. The summed E-state index contributed by atoms with van der Waals surface area (Å²) < 4.78 is 10.4. The molecule has 1 aromatic heterocycles. The molecule has 0 atom stereocenters. The van der Waals surface area contributed by atoms with Crippen LogP contribution in [0.3, 0.4) is 0 Å². The summed E-state index contributed by atoms with van der Waals surface area (Å²) in [7, 11) is -4.50. The molecule has 17 heavy (non-hydrogen) atoms. The molecule has 0 aliphatic heterocycles. The lowest BCUT2D eigenvalue weighted by Crippen LogP contribution is -2.25. The van der Waals surface area contributed by atoms with Gasteiger partial charge in [0, 0.05) is 0 Å². The molecule has 1 aromatic rings. The molecule has 1 rings (SSSR count). The highest BCUT2D eigenvalue weighted by Gasteiger charge is 2.07. The molecule has 0 saturated carbocycles. The van der Waals surface area contributed by atoms with Crippen molar-refractivity contribution in [3.05, 3.63) is 31.6 Å². The topological polar surface area (TPSA) is 129 Å². The van der Waals surface area contributed by atoms with Gasteiger partial charge >= 0.3 is 5.69 Å². The van der Waals surface area contributed by atoms with Crippen LogP contribution in [0.15, 0.2) is 9.59 Å². The van der Waals surface area contributed by atoms with Gasteiger partial charge in [-0.1, -0.05) is 19.2 Å². The summed E-state index contributed by atoms with van der Waals surface area (Å²) in [6.45, 7) is 0. The van der Waals surface area contributed by atoms with E-state index in [0.29, 0.717) is 6.42 Å². The standard InChI is InChI=1S/C8H12ClN2O5P/c9-6-5(7(12)11-8(13)10-6)3-1-2-4-17(14,15)16/h1-4H2,(H2,14,15,16)(H2,10,11,12,13)/p-2. The van der Waals surface area contributed by atoms with Crippen LogP contribution in [-0.2, 0) is 11.0 Å². The van der Waals surface area contributed by atoms with E-state index in [2.05, 4.69) is 4.98 Å². The highest BCUT2D eigenvalue weighted by atomic mass is 35.5. The van der Waals surface area contributed by atoms with Crippen LogP contribution in [-0.4, -0.2) is 16.1 Å². The van der Waals surface area contributed by atoms with Crippen LogP contribution in [0.4, 0.5) is 0 Å². The molecule has 0 radical (unpaired) electrons. The Morgan fingerprint density at radius 3 is 2.35 bits per heavy atom. The summed E-state index contributed by atoms with van der Waals surface area (Å²) in [5, 5.41) is -0.0637. The van der Waals surface area contributed by atoms with Gasteiger partial charge in [0.2, 0.25) is 0 Å². The lowest BCUT2D eigenvalue weighted by molar-refractivity contribution is -0.313. The Hall–Kier alpha value is -0.880. The summed E-state index contributed by atoms with van der Waals surface area (Å²) in [5.74, 6) is 0. The second-order valence-electron chi connectivity index (χ2n) is 3.49. The fourth-order valence-electron chi connectivity index (χ4n) is 1.32. The highest BCUT2D eigenvalue weighted by molar-refractivity contribution is 7.48. The van der Waals surface area contributed by atoms with Gasteiger partial charge in [-0.25, -0.2) is 4.79 Å². The Bertz CT molecular complexity index is 546. The second kappa shape index (κ2) is 5.64. The Kier molecular flexibility index (Phi) is 4.70. The summed E-state index contributed by atoms with van der Waals surface area (Å²) in [6.07, 6.45) is 0.222. The summed E-state index contributed by atoms with van der Waals surface area (Å²) in [4.78, 5) is 47.0. The third kappa shape index (κ3) is 4.87. The molecule has 96 valence electrons. The fourth-order valence-corrected chi connectivity index (χ4v) is 2.19. The molecule has 0 saturated heterocycles. The Morgan fingerprint density at radius 1 is 1.18 bits per heavy atom. The van der Waals surface area contributed by atoms with Crippen molar-refractivity contribution in [3.63, 3.8) is 0 Å². The van der Waals surface area contributed by atoms with Crippen molar-refractivity contribution >= 4 is 19.2 Å². The lowest BCUT2D eigenvalue weighted by Gasteiger charge is -2.29. The number of unbranched alkanes of at least 4 members (excludes halogenated alkanes) is 1. The van der Waals surface area contributed by atoms with E-state index in [9.17, 15) is 23.9 Å². The molecule has 0 aliphatic rings. The molecule has 0 amide bonds. The van der Waals surface area contributed by atoms with E-state index in [4.69, 9.17) is 11.6 Å². The normalized spacial score (nSPS) is 11.7. The van der Waals surface area contributed by atoms with Crippen molar-refractivity contribution in [2.24, 2.45) is 0 Å². The first kappa shape index (κ1) is 14.2. The van der Waals surface area contributed by atoms with Gasteiger partial charge in [0.05, 0.1) is 5.56 Å². The summed E-state index contributed by atoms with van der Waals surface area (Å²) >= 11 is 5.65. The number of aromatic nitrogens is 2. The predicted octanol–water partition coefficient (Wildman–Crippen LogP) is -1.05. The van der Waals surface area contributed by atoms with Gasteiger partial charge in [-0.3, -0.25) is 14.8 Å². The monoisotopic (exact) mass is 280 g/mol. The lowest BCUT2D eigenvalue weighted by atomic mass is 10.1. The maximum Gasteiger partial charge on any atom is 0.326 e. The number of H-pyrrole nitrogens is 2. The van der Waals surface area contributed by atoms with E-state index < -0.39 is 25.0 Å². The zero-order valence-electron chi connectivity index (χ0n) is 8.69. The van der Waals surface area contributed by atoms with Crippen LogP contribution < -0.4 is 21.0 Å². The minimum absolute atomic E-state index is 0.0637. The van der Waals surface area contributed by atoms with E-state index in [0.717, 1.165) is 0 Å². The van der Waals surface area contributed by atoms with Gasteiger partial charge in [-0.2, -0.15) is 0 Å². The van der Waals surface area contributed by atoms with Crippen molar-refractivity contribution in [1.82, 2.24) is 9.97 Å². The molecular formula is C8H10ClN2O5P-2. The first-order valence-corrected chi connectivity index (χ1v) is 6.92. The zero-order valence-corrected chi connectivity index (χ0v) is 10.3. The molecule has 2 N–H and O–H groups in total. The van der Waals surface area contributed by atoms with Crippen molar-refractivity contribution in [2.75, 3.05) is 6.16 Å². The van der Waals surface area contributed by atoms with E-state index >= 15 is 0 Å². The molecule has 7 nitrogen and oxygen atoms in total. The highest BCUT2D eigenvalue weighted by Crippen LogP contribution is 2.24. The van der Waals surface area contributed by atoms with Crippen LogP contribution in [0, 0.1) is 0 Å². The molecule has 1 heterocycles. The van der Waals surface area contributed by atoms with Gasteiger partial charge in [0.1, 0.15) is 5.15 Å². The van der Waals surface area contributed by atoms with Gasteiger partial charge in [-0.05, 0) is 25.4 Å². The van der Waals surface area contributed by atoms with Crippen molar-refractivity contribution in [3.8, 4) is 0 Å². The Labute approximate surface area is 101 Å². The zero-order chi connectivity index (χ0) is 13.1. The van der Waals surface area contributed by atoms with Gasteiger partial charge in [-0.15, -0.1) is 0 Å². The Balaban J connectivity index is 2.62. The quantitative estimate of drug-likeness (QED) is 0.404. The van der Waals surface area contributed by atoms with Crippen LogP contribution in [0.25, 0.3) is 0 Å². The molecule has 0 unspecified atom stereocenters.